The number of hydrogen-bond acceptors (Lipinski definition) is 10. The van der Waals surface area contributed by atoms with Crippen molar-refractivity contribution < 1.29 is 23.6 Å². The van der Waals surface area contributed by atoms with Crippen LogP contribution in [0.4, 0.5) is 0 Å². The lowest BCUT2D eigenvalue weighted by Gasteiger charge is -2.07. The maximum atomic E-state index is 12.4. The summed E-state index contributed by atoms with van der Waals surface area (Å²) in [6.45, 7) is 0.114. The van der Waals surface area contributed by atoms with Crippen molar-refractivity contribution in [2.45, 2.75) is 32.9 Å². The van der Waals surface area contributed by atoms with E-state index in [0.717, 1.165) is 28.9 Å². The molecule has 2 aromatic carbocycles. The van der Waals surface area contributed by atoms with Gasteiger partial charge in [-0.2, -0.15) is 0 Å². The van der Waals surface area contributed by atoms with E-state index in [1.807, 2.05) is 18.2 Å². The predicted octanol–water partition coefficient (Wildman–Crippen LogP) is 2.13. The number of carbonyl (C=O) groups is 2. The third-order valence-electron chi connectivity index (χ3n) is 7.25. The average molecular weight is 653 g/mol. The second-order valence-electron chi connectivity index (χ2n) is 10.0. The first-order valence-corrected chi connectivity index (χ1v) is 13.2. The second-order valence-corrected chi connectivity index (χ2v) is 10.0. The van der Waals surface area contributed by atoms with Crippen LogP contribution in [-0.2, 0) is 20.0 Å². The smallest absolute Gasteiger partial charge is 0.439 e. The predicted molar refractivity (Wildman–Crippen MR) is 167 cm³/mol. The Hall–Kier alpha value is -5.74. The highest BCUT2D eigenvalue weighted by atomic mass is 35.5. The number of aromatic nitrogens is 6. The standard InChI is InChI=1S/C17H13N5O6.C11H11N3O2.CH4.ClH/c1-21-10-4-8(2-3-12(10)28-17(21)27)6-18-14(23)9-5-11(15(24)25)22-13(20-9)7-19-16(22)26;12-9-4-2-6-5-7(1-3-8(6)9)10-13-11(15)16-14-10;;/h2-5,7H,6H2,1H3,(H,18,23)(H,19,26)(H,24,25);1,3,5,9H,2,4,12H2,(H,13,14,15);1H4;1H/t;9-;;/m.0../s1. The van der Waals surface area contributed by atoms with Crippen molar-refractivity contribution in [3.8, 4) is 11.4 Å². The molecule has 0 saturated heterocycles. The lowest BCUT2D eigenvalue weighted by atomic mass is 10.0. The molecule has 1 aliphatic rings. The lowest BCUT2D eigenvalue weighted by Crippen LogP contribution is -2.26. The van der Waals surface area contributed by atoms with Crippen molar-refractivity contribution in [1.29, 1.82) is 0 Å². The van der Waals surface area contributed by atoms with E-state index in [9.17, 15) is 29.1 Å². The van der Waals surface area contributed by atoms with Crippen molar-refractivity contribution >= 4 is 41.0 Å². The number of benzene rings is 2. The van der Waals surface area contributed by atoms with Gasteiger partial charge in [-0.05, 0) is 47.7 Å². The first-order chi connectivity index (χ1) is 21.1. The zero-order chi connectivity index (χ0) is 31.1. The summed E-state index contributed by atoms with van der Waals surface area (Å²) in [5, 5.41) is 15.6. The molecule has 17 heteroatoms. The molecule has 4 aromatic heterocycles. The summed E-state index contributed by atoms with van der Waals surface area (Å²) >= 11 is 0. The summed E-state index contributed by atoms with van der Waals surface area (Å²) in [4.78, 5) is 66.8. The molecule has 0 unspecified atom stereocenters. The number of amides is 1. The van der Waals surface area contributed by atoms with Crippen LogP contribution in [0.15, 0.2) is 72.0 Å². The average Bonchev–Trinajstić information content (AvgIpc) is 3.78. The Morgan fingerprint density at radius 3 is 2.65 bits per heavy atom. The fourth-order valence-corrected chi connectivity index (χ4v) is 5.01. The maximum Gasteiger partial charge on any atom is 0.439 e. The zero-order valence-corrected chi connectivity index (χ0v) is 24.2. The number of aryl methyl sites for hydroxylation is 2. The topological polar surface area (TPSA) is 237 Å². The van der Waals surface area contributed by atoms with Crippen LogP contribution < -0.4 is 28.3 Å². The van der Waals surface area contributed by atoms with E-state index in [4.69, 9.17) is 10.2 Å². The largest absolute Gasteiger partial charge is 0.477 e. The van der Waals surface area contributed by atoms with Crippen LogP contribution >= 0.6 is 12.4 Å². The monoisotopic (exact) mass is 652 g/mol. The number of nitrogens with two attached hydrogens (primary N) is 1. The van der Waals surface area contributed by atoms with E-state index in [1.165, 1.54) is 21.9 Å². The minimum atomic E-state index is -1.37. The van der Waals surface area contributed by atoms with Crippen LogP contribution in [-0.4, -0.2) is 46.1 Å². The van der Waals surface area contributed by atoms with Gasteiger partial charge in [0.1, 0.15) is 11.4 Å². The summed E-state index contributed by atoms with van der Waals surface area (Å²) in [6, 6.07) is 12.1. The molecule has 16 nitrogen and oxygen atoms in total. The number of hydrogen-bond donors (Lipinski definition) is 5. The summed E-state index contributed by atoms with van der Waals surface area (Å²) < 4.78 is 11.7. The molecule has 6 aromatic rings. The van der Waals surface area contributed by atoms with Crippen molar-refractivity contribution in [2.75, 3.05) is 0 Å². The number of aromatic carboxylic acids is 1. The number of H-pyrrole nitrogens is 2. The molecular formula is C29H29ClN8O8. The summed E-state index contributed by atoms with van der Waals surface area (Å²) in [5.41, 5.74) is 9.77. The quantitative estimate of drug-likeness (QED) is 0.181. The Bertz CT molecular complexity index is 2260. The van der Waals surface area contributed by atoms with Crippen molar-refractivity contribution in [2.24, 2.45) is 12.8 Å². The fourth-order valence-electron chi connectivity index (χ4n) is 5.01. The number of carboxylic acid groups (broad SMARTS) is 1. The van der Waals surface area contributed by atoms with Crippen LogP contribution in [0.25, 0.3) is 28.1 Å². The Morgan fingerprint density at radius 2 is 1.93 bits per heavy atom. The molecule has 0 aliphatic heterocycles. The molecule has 0 fully saturated rings. The van der Waals surface area contributed by atoms with Crippen molar-refractivity contribution in [3.63, 3.8) is 0 Å². The first kappa shape index (κ1) is 33.2. The Balaban J connectivity index is 0.000000228. The van der Waals surface area contributed by atoms with Gasteiger partial charge >= 0.3 is 23.2 Å². The molecule has 0 saturated carbocycles. The van der Waals surface area contributed by atoms with Crippen LogP contribution in [0.1, 0.15) is 57.6 Å². The van der Waals surface area contributed by atoms with Gasteiger partial charge in [0.2, 0.25) is 0 Å². The van der Waals surface area contributed by atoms with Gasteiger partial charge in [0, 0.05) is 37.5 Å². The van der Waals surface area contributed by atoms with Gasteiger partial charge in [0.25, 0.3) is 5.91 Å². The Labute approximate surface area is 264 Å². The highest BCUT2D eigenvalue weighted by Gasteiger charge is 2.20. The molecule has 1 aliphatic carbocycles. The molecule has 1 atom stereocenters. The third-order valence-corrected chi connectivity index (χ3v) is 7.25. The van der Waals surface area contributed by atoms with Crippen LogP contribution in [0.5, 0.6) is 0 Å². The van der Waals surface area contributed by atoms with Crippen LogP contribution in [0.3, 0.4) is 0 Å². The first-order valence-electron chi connectivity index (χ1n) is 13.2. The number of carbonyl (C=O) groups excluding carboxylic acids is 1. The van der Waals surface area contributed by atoms with Crippen LogP contribution in [0, 0.1) is 0 Å². The number of imidazole rings is 1. The highest BCUT2D eigenvalue weighted by molar-refractivity contribution is 5.96. The normalized spacial score (nSPS) is 13.3. The number of oxazole rings is 1. The number of nitrogens with zero attached hydrogens (tertiary/aromatic N) is 4. The van der Waals surface area contributed by atoms with Crippen molar-refractivity contribution in [1.82, 2.24) is 34.4 Å². The van der Waals surface area contributed by atoms with E-state index < -0.39 is 29.1 Å². The minimum absolute atomic E-state index is 0. The van der Waals surface area contributed by atoms with Gasteiger partial charge < -0.3 is 25.6 Å². The summed E-state index contributed by atoms with van der Waals surface area (Å²) in [7, 11) is 1.57. The van der Waals surface area contributed by atoms with Gasteiger partial charge in [-0.25, -0.2) is 28.6 Å². The number of fused-ring (bicyclic) bond motifs is 3. The fraction of sp³-hybridized carbons (Fsp3) is 0.207. The Morgan fingerprint density at radius 1 is 1.15 bits per heavy atom. The van der Waals surface area contributed by atoms with E-state index in [0.29, 0.717) is 22.5 Å². The van der Waals surface area contributed by atoms with Gasteiger partial charge in [-0.15, -0.1) is 12.4 Å². The SMILES string of the molecule is C.Cl.Cn1c(=O)oc2ccc(CNC(=O)c3cc(C(=O)O)n4c(=O)[nH]cc4n3)cc21.N[C@H]1CCc2cc(-c3noc(=O)[nH]3)ccc21. The highest BCUT2D eigenvalue weighted by Crippen LogP contribution is 2.31. The van der Waals surface area contributed by atoms with E-state index >= 15 is 0 Å². The molecule has 1 amide bonds. The molecule has 7 rings (SSSR count). The number of halogens is 1. The van der Waals surface area contributed by atoms with E-state index in [2.05, 4.69) is 29.9 Å². The molecule has 46 heavy (non-hydrogen) atoms. The summed E-state index contributed by atoms with van der Waals surface area (Å²) in [6.07, 6.45) is 3.18. The lowest BCUT2D eigenvalue weighted by molar-refractivity contribution is 0.0688. The molecule has 0 bridgehead atoms. The number of rotatable bonds is 5. The van der Waals surface area contributed by atoms with Gasteiger partial charge in [-0.3, -0.25) is 18.9 Å². The molecule has 0 spiro atoms. The van der Waals surface area contributed by atoms with Gasteiger partial charge in [0.15, 0.2) is 17.1 Å². The minimum Gasteiger partial charge on any atom is -0.477 e. The van der Waals surface area contributed by atoms with Gasteiger partial charge in [-0.1, -0.05) is 30.8 Å². The molecular weight excluding hydrogens is 624 g/mol. The van der Waals surface area contributed by atoms with E-state index in [1.54, 1.807) is 25.2 Å². The summed E-state index contributed by atoms with van der Waals surface area (Å²) in [5.74, 6) is -2.54. The van der Waals surface area contributed by atoms with E-state index in [-0.39, 0.29) is 49.5 Å². The molecule has 4 heterocycles. The molecule has 240 valence electrons. The second kappa shape index (κ2) is 13.1. The zero-order valence-electron chi connectivity index (χ0n) is 23.4. The number of carboxylic acids is 1. The number of nitrogens with one attached hydrogen (secondary N) is 3. The third kappa shape index (κ3) is 6.24. The molecule has 6 N–H and O–H groups in total. The van der Waals surface area contributed by atoms with Crippen LogP contribution in [0.2, 0.25) is 0 Å². The molecule has 0 radical (unpaired) electrons. The maximum absolute atomic E-state index is 12.4. The van der Waals surface area contributed by atoms with Crippen molar-refractivity contribution in [3.05, 3.63) is 108 Å². The van der Waals surface area contributed by atoms with Gasteiger partial charge in [0.05, 0.1) is 5.52 Å². The number of aromatic amines is 2. The Kier molecular flexibility index (Phi) is 9.44.